The number of hydrogen-bond donors (Lipinski definition) is 1. The topological polar surface area (TPSA) is 159 Å². The summed E-state index contributed by atoms with van der Waals surface area (Å²) in [6.07, 6.45) is 2.86. The Balaban J connectivity index is 1.37. The van der Waals surface area contributed by atoms with Crippen LogP contribution < -0.4 is 5.43 Å². The SMILES string of the molecule is O=C(N/N=C\c1ccc(-c2cc([N+](=O)[O-])ccc2Cl)o1)c1ccn(Cc2ccc([N+](=O)[O-])cc2)n1. The first-order chi connectivity index (χ1) is 16.8. The van der Waals surface area contributed by atoms with E-state index in [1.807, 2.05) is 0 Å². The highest BCUT2D eigenvalue weighted by molar-refractivity contribution is 6.33. The van der Waals surface area contributed by atoms with Gasteiger partial charge in [0.15, 0.2) is 5.69 Å². The van der Waals surface area contributed by atoms with E-state index >= 15 is 0 Å². The number of rotatable bonds is 8. The van der Waals surface area contributed by atoms with Crippen molar-refractivity contribution in [2.75, 3.05) is 0 Å². The van der Waals surface area contributed by atoms with Crippen LogP contribution >= 0.6 is 11.6 Å². The number of amides is 1. The molecule has 2 aromatic carbocycles. The molecule has 4 aromatic rings. The van der Waals surface area contributed by atoms with Crippen molar-refractivity contribution in [1.29, 1.82) is 0 Å². The maximum absolute atomic E-state index is 12.3. The number of nitro groups is 2. The molecule has 0 fully saturated rings. The van der Waals surface area contributed by atoms with E-state index in [2.05, 4.69) is 15.6 Å². The minimum atomic E-state index is -0.558. The molecule has 35 heavy (non-hydrogen) atoms. The summed E-state index contributed by atoms with van der Waals surface area (Å²) in [4.78, 5) is 33.0. The number of hydrogen-bond acceptors (Lipinski definition) is 8. The number of furan rings is 1. The van der Waals surface area contributed by atoms with Crippen molar-refractivity contribution in [2.24, 2.45) is 5.10 Å². The standard InChI is InChI=1S/C22H15ClN6O6/c23-19-7-5-16(29(33)34)11-18(19)21-8-6-17(35-21)12-24-25-22(30)20-9-10-27(26-20)13-14-1-3-15(4-2-14)28(31)32/h1-12H,13H2,(H,25,30)/b24-12-. The van der Waals surface area contributed by atoms with Crippen LogP contribution in [-0.2, 0) is 6.54 Å². The summed E-state index contributed by atoms with van der Waals surface area (Å²) < 4.78 is 7.11. The summed E-state index contributed by atoms with van der Waals surface area (Å²) >= 11 is 6.12. The third-order valence-electron chi connectivity index (χ3n) is 4.78. The number of aromatic nitrogens is 2. The third kappa shape index (κ3) is 5.57. The Morgan fingerprint density at radius 3 is 2.49 bits per heavy atom. The van der Waals surface area contributed by atoms with Gasteiger partial charge in [-0.3, -0.25) is 29.7 Å². The molecule has 2 heterocycles. The summed E-state index contributed by atoms with van der Waals surface area (Å²) in [5, 5.41) is 30.0. The Labute approximate surface area is 201 Å². The predicted molar refractivity (Wildman–Crippen MR) is 125 cm³/mol. The third-order valence-corrected chi connectivity index (χ3v) is 5.11. The highest BCUT2D eigenvalue weighted by atomic mass is 35.5. The molecule has 12 nitrogen and oxygen atoms in total. The van der Waals surface area contributed by atoms with Gasteiger partial charge in [0.2, 0.25) is 0 Å². The van der Waals surface area contributed by atoms with Crippen molar-refractivity contribution in [3.63, 3.8) is 0 Å². The van der Waals surface area contributed by atoms with E-state index in [9.17, 15) is 25.0 Å². The summed E-state index contributed by atoms with van der Waals surface area (Å²) in [5.41, 5.74) is 3.44. The molecule has 0 saturated heterocycles. The smallest absolute Gasteiger partial charge is 0.291 e. The fourth-order valence-corrected chi connectivity index (χ4v) is 3.29. The number of carbonyl (C=O) groups is 1. The lowest BCUT2D eigenvalue weighted by Gasteiger charge is -2.01. The van der Waals surface area contributed by atoms with Gasteiger partial charge < -0.3 is 4.42 Å². The molecule has 0 radical (unpaired) electrons. The van der Waals surface area contributed by atoms with Gasteiger partial charge in [-0.1, -0.05) is 23.7 Å². The van der Waals surface area contributed by atoms with Crippen LogP contribution in [0.15, 0.2) is 76.4 Å². The van der Waals surface area contributed by atoms with Crippen LogP contribution in [0.4, 0.5) is 11.4 Å². The maximum Gasteiger partial charge on any atom is 0.291 e. The molecule has 0 aliphatic carbocycles. The first kappa shape index (κ1) is 23.3. The van der Waals surface area contributed by atoms with E-state index in [0.29, 0.717) is 17.9 Å². The second-order valence-electron chi connectivity index (χ2n) is 7.14. The molecule has 176 valence electrons. The Kier molecular flexibility index (Phi) is 6.64. The average molecular weight is 495 g/mol. The van der Waals surface area contributed by atoms with E-state index in [4.69, 9.17) is 16.0 Å². The largest absolute Gasteiger partial charge is 0.455 e. The van der Waals surface area contributed by atoms with Gasteiger partial charge in [-0.2, -0.15) is 10.2 Å². The Morgan fingerprint density at radius 2 is 1.77 bits per heavy atom. The van der Waals surface area contributed by atoms with Gasteiger partial charge in [-0.15, -0.1) is 0 Å². The molecular formula is C22H15ClN6O6. The number of halogens is 1. The molecule has 4 rings (SSSR count). The predicted octanol–water partition coefficient (Wildman–Crippen LogP) is 4.43. The van der Waals surface area contributed by atoms with Gasteiger partial charge in [-0.05, 0) is 29.8 Å². The highest BCUT2D eigenvalue weighted by Gasteiger charge is 2.14. The summed E-state index contributed by atoms with van der Waals surface area (Å²) in [7, 11) is 0. The maximum atomic E-state index is 12.3. The van der Waals surface area contributed by atoms with Crippen LogP contribution in [0.3, 0.4) is 0 Å². The number of nitrogens with zero attached hydrogens (tertiary/aromatic N) is 5. The zero-order valence-electron chi connectivity index (χ0n) is 17.7. The molecule has 0 bridgehead atoms. The van der Waals surface area contributed by atoms with Gasteiger partial charge in [0.1, 0.15) is 11.5 Å². The Morgan fingerprint density at radius 1 is 1.06 bits per heavy atom. The zero-order valence-corrected chi connectivity index (χ0v) is 18.5. The summed E-state index contributed by atoms with van der Waals surface area (Å²) in [6.45, 7) is 0.323. The lowest BCUT2D eigenvalue weighted by atomic mass is 10.1. The monoisotopic (exact) mass is 494 g/mol. The van der Waals surface area contributed by atoms with Gasteiger partial charge in [0.05, 0.1) is 27.6 Å². The molecular weight excluding hydrogens is 480 g/mol. The molecule has 1 N–H and O–H groups in total. The minimum absolute atomic E-state index is 0.0102. The number of non-ortho nitro benzene ring substituents is 2. The molecule has 0 unspecified atom stereocenters. The average Bonchev–Trinajstić information content (AvgIpc) is 3.49. The van der Waals surface area contributed by atoms with Crippen molar-refractivity contribution in [2.45, 2.75) is 6.54 Å². The molecule has 0 saturated carbocycles. The number of benzene rings is 2. The van der Waals surface area contributed by atoms with Crippen molar-refractivity contribution in [3.05, 3.63) is 109 Å². The molecule has 0 atom stereocenters. The second kappa shape index (κ2) is 9.97. The molecule has 2 aromatic heterocycles. The van der Waals surface area contributed by atoms with Crippen LogP contribution in [0.1, 0.15) is 21.8 Å². The van der Waals surface area contributed by atoms with Crippen LogP contribution in [0.2, 0.25) is 5.02 Å². The first-order valence-corrected chi connectivity index (χ1v) is 10.3. The molecule has 0 aliphatic heterocycles. The van der Waals surface area contributed by atoms with E-state index in [-0.39, 0.29) is 27.9 Å². The van der Waals surface area contributed by atoms with Gasteiger partial charge in [0.25, 0.3) is 17.3 Å². The minimum Gasteiger partial charge on any atom is -0.455 e. The van der Waals surface area contributed by atoms with Crippen molar-refractivity contribution < 1.29 is 19.1 Å². The van der Waals surface area contributed by atoms with E-state index in [0.717, 1.165) is 5.56 Å². The van der Waals surface area contributed by atoms with E-state index < -0.39 is 15.8 Å². The lowest BCUT2D eigenvalue weighted by Crippen LogP contribution is -2.18. The molecule has 0 aliphatic rings. The number of carbonyl (C=O) groups excluding carboxylic acids is 1. The van der Waals surface area contributed by atoms with E-state index in [1.165, 1.54) is 47.3 Å². The number of hydrazone groups is 1. The van der Waals surface area contributed by atoms with Crippen LogP contribution in [0.5, 0.6) is 0 Å². The second-order valence-corrected chi connectivity index (χ2v) is 7.55. The molecule has 0 spiro atoms. The van der Waals surface area contributed by atoms with Crippen LogP contribution in [-0.4, -0.2) is 31.7 Å². The molecule has 1 amide bonds. The van der Waals surface area contributed by atoms with Crippen molar-refractivity contribution in [1.82, 2.24) is 15.2 Å². The number of nitro benzene ring substituents is 2. The highest BCUT2D eigenvalue weighted by Crippen LogP contribution is 2.32. The fraction of sp³-hybridized carbons (Fsp3) is 0.0455. The van der Waals surface area contributed by atoms with Crippen molar-refractivity contribution in [3.8, 4) is 11.3 Å². The normalized spacial score (nSPS) is 11.0. The quantitative estimate of drug-likeness (QED) is 0.215. The Bertz CT molecular complexity index is 1440. The van der Waals surface area contributed by atoms with Gasteiger partial charge in [0, 0.05) is 36.0 Å². The van der Waals surface area contributed by atoms with Crippen molar-refractivity contribution >= 4 is 35.1 Å². The van der Waals surface area contributed by atoms with Crippen LogP contribution in [0.25, 0.3) is 11.3 Å². The zero-order chi connectivity index (χ0) is 24.9. The van der Waals surface area contributed by atoms with Crippen LogP contribution in [0, 0.1) is 20.2 Å². The number of nitrogens with one attached hydrogen (secondary N) is 1. The van der Waals surface area contributed by atoms with E-state index in [1.54, 1.807) is 30.5 Å². The first-order valence-electron chi connectivity index (χ1n) is 9.94. The van der Waals surface area contributed by atoms with Gasteiger partial charge in [-0.25, -0.2) is 5.43 Å². The Hall–Kier alpha value is -4.84. The summed E-state index contributed by atoms with van der Waals surface area (Å²) in [5.74, 6) is 0.0280. The summed E-state index contributed by atoms with van der Waals surface area (Å²) in [6, 6.07) is 14.7. The fourth-order valence-electron chi connectivity index (χ4n) is 3.08. The van der Waals surface area contributed by atoms with Gasteiger partial charge >= 0.3 is 0 Å². The molecule has 13 heteroatoms. The lowest BCUT2D eigenvalue weighted by molar-refractivity contribution is -0.385.